The lowest BCUT2D eigenvalue weighted by Gasteiger charge is -2.30. The van der Waals surface area contributed by atoms with Crippen molar-refractivity contribution in [2.24, 2.45) is 0 Å². The Kier molecular flexibility index (Phi) is 16.4. The average Bonchev–Trinajstić information content (AvgIpc) is 3.02. The van der Waals surface area contributed by atoms with Crippen LogP contribution in [0.15, 0.2) is 30.3 Å². The van der Waals surface area contributed by atoms with Crippen LogP contribution in [0.2, 0.25) is 0 Å². The molecule has 2 heteroatoms. The molecule has 0 fully saturated rings. The standard InChI is InChI=1S/C41H64O2/c1-10-19-30(15-6)35-25-23-29(14-5)27-34(35)24-26-37(42)41-36(31(16-7)20-11-2)28-38(43)39(32(17-8)21-12-3)40(41)33(18-9)22-13-4/h23-28,30-33,43H,10-22H2,1-9H3/b26-24+. The van der Waals surface area contributed by atoms with Crippen LogP contribution in [0.1, 0.15) is 207 Å². The molecule has 4 unspecified atom stereocenters. The summed E-state index contributed by atoms with van der Waals surface area (Å²) in [5.41, 5.74) is 8.03. The Morgan fingerprint density at radius 3 is 1.63 bits per heavy atom. The highest BCUT2D eigenvalue weighted by atomic mass is 16.3. The van der Waals surface area contributed by atoms with E-state index in [1.165, 1.54) is 16.7 Å². The monoisotopic (exact) mass is 588 g/mol. The normalized spacial score (nSPS) is 14.6. The van der Waals surface area contributed by atoms with Crippen molar-refractivity contribution in [1.82, 2.24) is 0 Å². The SMILES string of the molecule is CCCC(CC)c1ccc(CC)cc1/C=C/C(=O)c1c(C(CC)CCC)cc(O)c(C(CC)CCC)c1C(CC)CCC. The van der Waals surface area contributed by atoms with Crippen LogP contribution < -0.4 is 0 Å². The van der Waals surface area contributed by atoms with Gasteiger partial charge in [0.05, 0.1) is 0 Å². The number of phenols is 1. The van der Waals surface area contributed by atoms with Crippen LogP contribution in [0.4, 0.5) is 0 Å². The minimum absolute atomic E-state index is 0.109. The Morgan fingerprint density at radius 2 is 1.14 bits per heavy atom. The van der Waals surface area contributed by atoms with Gasteiger partial charge >= 0.3 is 0 Å². The van der Waals surface area contributed by atoms with E-state index in [-0.39, 0.29) is 23.5 Å². The largest absolute Gasteiger partial charge is 0.508 e. The third-order valence-corrected chi connectivity index (χ3v) is 9.85. The van der Waals surface area contributed by atoms with Gasteiger partial charge in [0, 0.05) is 11.1 Å². The lowest BCUT2D eigenvalue weighted by Crippen LogP contribution is -2.17. The number of aromatic hydroxyl groups is 1. The smallest absolute Gasteiger partial charge is 0.186 e. The van der Waals surface area contributed by atoms with Crippen molar-refractivity contribution in [3.63, 3.8) is 0 Å². The van der Waals surface area contributed by atoms with Gasteiger partial charge in [-0.25, -0.2) is 0 Å². The zero-order valence-corrected chi connectivity index (χ0v) is 29.3. The molecule has 4 atom stereocenters. The fourth-order valence-corrected chi connectivity index (χ4v) is 7.44. The summed E-state index contributed by atoms with van der Waals surface area (Å²) >= 11 is 0. The molecule has 0 aliphatic heterocycles. The van der Waals surface area contributed by atoms with E-state index in [2.05, 4.69) is 86.6 Å². The Morgan fingerprint density at radius 1 is 0.651 bits per heavy atom. The second-order valence-electron chi connectivity index (χ2n) is 12.8. The van der Waals surface area contributed by atoms with Gasteiger partial charge in [0.2, 0.25) is 0 Å². The highest BCUT2D eigenvalue weighted by molar-refractivity contribution is 6.09. The summed E-state index contributed by atoms with van der Waals surface area (Å²) in [6.07, 6.45) is 17.5. The van der Waals surface area contributed by atoms with Crippen molar-refractivity contribution in [2.45, 2.75) is 169 Å². The van der Waals surface area contributed by atoms with Gasteiger partial charge in [0.15, 0.2) is 5.78 Å². The number of aryl methyl sites for hydroxylation is 1. The predicted molar refractivity (Wildman–Crippen MR) is 189 cm³/mol. The highest BCUT2D eigenvalue weighted by Crippen LogP contribution is 2.46. The maximum Gasteiger partial charge on any atom is 0.186 e. The molecule has 240 valence electrons. The van der Waals surface area contributed by atoms with Crippen molar-refractivity contribution in [3.8, 4) is 5.75 Å². The first-order valence-electron chi connectivity index (χ1n) is 18.0. The quantitative estimate of drug-likeness (QED) is 0.123. The Bertz CT molecular complexity index is 1160. The summed E-state index contributed by atoms with van der Waals surface area (Å²) in [5, 5.41) is 11.7. The molecular formula is C41H64O2. The number of allylic oxidation sites excluding steroid dienone is 1. The molecule has 0 heterocycles. The molecule has 1 N–H and O–H groups in total. The van der Waals surface area contributed by atoms with E-state index in [1.54, 1.807) is 0 Å². The summed E-state index contributed by atoms with van der Waals surface area (Å²) in [6, 6.07) is 8.87. The number of carbonyl (C=O) groups excluding carboxylic acids is 1. The number of hydrogen-bond acceptors (Lipinski definition) is 2. The van der Waals surface area contributed by atoms with Crippen molar-refractivity contribution >= 4 is 11.9 Å². The number of rotatable bonds is 20. The maximum atomic E-state index is 14.7. The molecular weight excluding hydrogens is 524 g/mol. The number of carbonyl (C=O) groups is 1. The van der Waals surface area contributed by atoms with E-state index >= 15 is 0 Å². The molecule has 2 nitrogen and oxygen atoms in total. The van der Waals surface area contributed by atoms with E-state index in [9.17, 15) is 9.90 Å². The number of benzene rings is 2. The van der Waals surface area contributed by atoms with Gasteiger partial charge < -0.3 is 5.11 Å². The summed E-state index contributed by atoms with van der Waals surface area (Å²) in [4.78, 5) is 14.7. The second-order valence-corrected chi connectivity index (χ2v) is 12.8. The van der Waals surface area contributed by atoms with Crippen molar-refractivity contribution < 1.29 is 9.90 Å². The van der Waals surface area contributed by atoms with Crippen molar-refractivity contribution in [1.29, 1.82) is 0 Å². The van der Waals surface area contributed by atoms with Crippen LogP contribution in [-0.2, 0) is 6.42 Å². The Hall–Kier alpha value is -2.35. The lowest BCUT2D eigenvalue weighted by atomic mass is 9.74. The maximum absolute atomic E-state index is 14.7. The molecule has 0 saturated carbocycles. The van der Waals surface area contributed by atoms with E-state index in [0.29, 0.717) is 11.7 Å². The third-order valence-electron chi connectivity index (χ3n) is 9.85. The van der Waals surface area contributed by atoms with Crippen LogP contribution in [0.3, 0.4) is 0 Å². The Labute approximate surface area is 265 Å². The van der Waals surface area contributed by atoms with Gasteiger partial charge in [-0.05, 0) is 121 Å². The zero-order valence-electron chi connectivity index (χ0n) is 29.3. The molecule has 2 rings (SSSR count). The predicted octanol–water partition coefficient (Wildman–Crippen LogP) is 13.0. The topological polar surface area (TPSA) is 37.3 Å². The second kappa shape index (κ2) is 19.1. The van der Waals surface area contributed by atoms with Gasteiger partial charge in [0.25, 0.3) is 0 Å². The molecule has 43 heavy (non-hydrogen) atoms. The van der Waals surface area contributed by atoms with Crippen LogP contribution in [0.25, 0.3) is 6.08 Å². The van der Waals surface area contributed by atoms with Gasteiger partial charge in [-0.3, -0.25) is 4.79 Å². The molecule has 0 bridgehead atoms. The number of ketones is 1. The Balaban J connectivity index is 2.93. The summed E-state index contributed by atoms with van der Waals surface area (Å²) in [5.74, 6) is 1.80. The summed E-state index contributed by atoms with van der Waals surface area (Å²) < 4.78 is 0. The van der Waals surface area contributed by atoms with Crippen molar-refractivity contribution in [2.75, 3.05) is 0 Å². The van der Waals surface area contributed by atoms with Gasteiger partial charge in [-0.2, -0.15) is 0 Å². The van der Waals surface area contributed by atoms with Crippen LogP contribution in [0.5, 0.6) is 5.75 Å². The molecule has 2 aromatic rings. The summed E-state index contributed by atoms with van der Waals surface area (Å²) in [6.45, 7) is 20.1. The third kappa shape index (κ3) is 9.32. The van der Waals surface area contributed by atoms with Gasteiger partial charge in [0.1, 0.15) is 5.75 Å². The lowest BCUT2D eigenvalue weighted by molar-refractivity contribution is 0.104. The molecule has 0 spiro atoms. The molecule has 0 saturated heterocycles. The van der Waals surface area contributed by atoms with E-state index in [4.69, 9.17) is 0 Å². The van der Waals surface area contributed by atoms with Crippen LogP contribution >= 0.6 is 0 Å². The average molecular weight is 589 g/mol. The first-order chi connectivity index (χ1) is 20.8. The molecule has 0 radical (unpaired) electrons. The van der Waals surface area contributed by atoms with Gasteiger partial charge in [-0.15, -0.1) is 0 Å². The van der Waals surface area contributed by atoms with E-state index < -0.39 is 0 Å². The number of phenolic OH excluding ortho intramolecular Hbond substituents is 1. The minimum Gasteiger partial charge on any atom is -0.508 e. The van der Waals surface area contributed by atoms with Crippen LogP contribution in [-0.4, -0.2) is 10.9 Å². The van der Waals surface area contributed by atoms with E-state index in [1.807, 2.05) is 12.1 Å². The van der Waals surface area contributed by atoms with Crippen LogP contribution in [0, 0.1) is 0 Å². The molecule has 2 aromatic carbocycles. The molecule has 0 aliphatic rings. The molecule has 0 amide bonds. The molecule has 0 aliphatic carbocycles. The fraction of sp³-hybridized carbons (Fsp3) is 0.634. The minimum atomic E-state index is 0.109. The fourth-order valence-electron chi connectivity index (χ4n) is 7.44. The summed E-state index contributed by atoms with van der Waals surface area (Å²) in [7, 11) is 0. The van der Waals surface area contributed by atoms with E-state index in [0.717, 1.165) is 106 Å². The first kappa shape index (κ1) is 36.8. The van der Waals surface area contributed by atoms with Crippen molar-refractivity contribution in [3.05, 3.63) is 69.3 Å². The van der Waals surface area contributed by atoms with Gasteiger partial charge in [-0.1, -0.05) is 112 Å². The zero-order chi connectivity index (χ0) is 31.9. The number of hydrogen-bond donors (Lipinski definition) is 1. The highest BCUT2D eigenvalue weighted by Gasteiger charge is 2.31. The molecule has 0 aromatic heterocycles. The first-order valence-corrected chi connectivity index (χ1v) is 18.0.